The highest BCUT2D eigenvalue weighted by Crippen LogP contribution is 2.49. The van der Waals surface area contributed by atoms with Crippen molar-refractivity contribution in [1.29, 1.82) is 0 Å². The van der Waals surface area contributed by atoms with E-state index in [0.717, 1.165) is 5.56 Å². The molecule has 16 heavy (non-hydrogen) atoms. The van der Waals surface area contributed by atoms with Crippen molar-refractivity contribution < 1.29 is 13.5 Å². The predicted octanol–water partition coefficient (Wildman–Crippen LogP) is 1.98. The molecule has 2 rings (SSSR count). The van der Waals surface area contributed by atoms with Gasteiger partial charge in [0, 0.05) is 24.6 Å². The maximum atomic E-state index is 12.8. The first-order valence-corrected chi connectivity index (χ1v) is 5.04. The molecule has 0 aliphatic heterocycles. The lowest BCUT2D eigenvalue weighted by Gasteiger charge is -2.44. The van der Waals surface area contributed by atoms with Crippen LogP contribution in [-0.2, 0) is 5.54 Å². The molecule has 5 heteroatoms. The Morgan fingerprint density at radius 3 is 2.50 bits per heavy atom. The van der Waals surface area contributed by atoms with E-state index >= 15 is 0 Å². The van der Waals surface area contributed by atoms with Crippen molar-refractivity contribution in [2.24, 2.45) is 5.73 Å². The SMILES string of the molecule is COc1ncc(C2(N)CC(F)(F)C2)cc1C. The van der Waals surface area contributed by atoms with Crippen molar-refractivity contribution in [3.63, 3.8) is 0 Å². The van der Waals surface area contributed by atoms with E-state index in [1.54, 1.807) is 6.07 Å². The zero-order valence-electron chi connectivity index (χ0n) is 9.26. The van der Waals surface area contributed by atoms with Crippen molar-refractivity contribution in [3.8, 4) is 5.88 Å². The Balaban J connectivity index is 2.26. The summed E-state index contributed by atoms with van der Waals surface area (Å²) >= 11 is 0. The Morgan fingerprint density at radius 2 is 2.06 bits per heavy atom. The number of nitrogens with zero attached hydrogens (tertiary/aromatic N) is 1. The molecule has 0 radical (unpaired) electrons. The van der Waals surface area contributed by atoms with E-state index in [1.807, 2.05) is 6.92 Å². The quantitative estimate of drug-likeness (QED) is 0.842. The summed E-state index contributed by atoms with van der Waals surface area (Å²) in [5, 5.41) is 0. The topological polar surface area (TPSA) is 48.1 Å². The second-order valence-electron chi connectivity index (χ2n) is 4.42. The van der Waals surface area contributed by atoms with Crippen molar-refractivity contribution in [1.82, 2.24) is 4.98 Å². The number of hydrogen-bond acceptors (Lipinski definition) is 3. The summed E-state index contributed by atoms with van der Waals surface area (Å²) in [6, 6.07) is 1.76. The molecule has 1 aliphatic rings. The second-order valence-corrected chi connectivity index (χ2v) is 4.42. The second kappa shape index (κ2) is 3.38. The molecule has 1 heterocycles. The van der Waals surface area contributed by atoms with Gasteiger partial charge in [-0.3, -0.25) is 0 Å². The number of rotatable bonds is 2. The monoisotopic (exact) mass is 228 g/mol. The molecular weight excluding hydrogens is 214 g/mol. The number of nitrogens with two attached hydrogens (primary N) is 1. The Kier molecular flexibility index (Phi) is 2.38. The van der Waals surface area contributed by atoms with Gasteiger partial charge in [0.2, 0.25) is 5.88 Å². The van der Waals surface area contributed by atoms with Gasteiger partial charge in [0.25, 0.3) is 5.92 Å². The third-order valence-corrected chi connectivity index (χ3v) is 2.95. The lowest BCUT2D eigenvalue weighted by atomic mass is 9.70. The van der Waals surface area contributed by atoms with E-state index in [2.05, 4.69) is 4.98 Å². The fourth-order valence-corrected chi connectivity index (χ4v) is 2.12. The largest absolute Gasteiger partial charge is 0.481 e. The van der Waals surface area contributed by atoms with Gasteiger partial charge in [-0.2, -0.15) is 0 Å². The Morgan fingerprint density at radius 1 is 1.44 bits per heavy atom. The lowest BCUT2D eigenvalue weighted by molar-refractivity contribution is -0.125. The highest BCUT2D eigenvalue weighted by atomic mass is 19.3. The number of methoxy groups -OCH3 is 1. The molecule has 2 N–H and O–H groups in total. The Labute approximate surface area is 92.6 Å². The molecule has 3 nitrogen and oxygen atoms in total. The third kappa shape index (κ3) is 1.75. The highest BCUT2D eigenvalue weighted by molar-refractivity contribution is 5.34. The van der Waals surface area contributed by atoms with Gasteiger partial charge in [0.1, 0.15) is 0 Å². The summed E-state index contributed by atoms with van der Waals surface area (Å²) in [7, 11) is 1.52. The van der Waals surface area contributed by atoms with Crippen LogP contribution < -0.4 is 10.5 Å². The molecule has 0 amide bonds. The summed E-state index contributed by atoms with van der Waals surface area (Å²) in [6.07, 6.45) is 0.891. The number of halogens is 2. The number of alkyl halides is 2. The maximum absolute atomic E-state index is 12.8. The van der Waals surface area contributed by atoms with E-state index < -0.39 is 11.5 Å². The van der Waals surface area contributed by atoms with Crippen LogP contribution in [0.25, 0.3) is 0 Å². The van der Waals surface area contributed by atoms with E-state index in [0.29, 0.717) is 11.4 Å². The van der Waals surface area contributed by atoms with Crippen molar-refractivity contribution in [3.05, 3.63) is 23.4 Å². The van der Waals surface area contributed by atoms with Crippen LogP contribution in [0.4, 0.5) is 8.78 Å². The Bertz CT molecular complexity index is 412. The van der Waals surface area contributed by atoms with Crippen LogP contribution in [0.15, 0.2) is 12.3 Å². The number of ether oxygens (including phenoxy) is 1. The van der Waals surface area contributed by atoms with Crippen LogP contribution in [0.5, 0.6) is 5.88 Å². The van der Waals surface area contributed by atoms with Gasteiger partial charge < -0.3 is 10.5 Å². The average molecular weight is 228 g/mol. The van der Waals surface area contributed by atoms with Crippen molar-refractivity contribution >= 4 is 0 Å². The van der Waals surface area contributed by atoms with Crippen LogP contribution in [0.3, 0.4) is 0 Å². The zero-order valence-corrected chi connectivity index (χ0v) is 9.26. The first-order valence-electron chi connectivity index (χ1n) is 5.04. The van der Waals surface area contributed by atoms with Crippen LogP contribution in [0.1, 0.15) is 24.0 Å². The number of aromatic nitrogens is 1. The summed E-state index contributed by atoms with van der Waals surface area (Å²) in [4.78, 5) is 4.05. The van der Waals surface area contributed by atoms with Crippen molar-refractivity contribution in [2.75, 3.05) is 7.11 Å². The van der Waals surface area contributed by atoms with Crippen molar-refractivity contribution in [2.45, 2.75) is 31.2 Å². The predicted molar refractivity (Wildman–Crippen MR) is 55.6 cm³/mol. The minimum Gasteiger partial charge on any atom is -0.481 e. The van der Waals surface area contributed by atoms with Gasteiger partial charge in [-0.15, -0.1) is 0 Å². The molecule has 1 aliphatic carbocycles. The van der Waals surface area contributed by atoms with Crippen LogP contribution >= 0.6 is 0 Å². The molecule has 0 aromatic carbocycles. The molecule has 1 aromatic heterocycles. The van der Waals surface area contributed by atoms with Gasteiger partial charge in [-0.25, -0.2) is 13.8 Å². The maximum Gasteiger partial charge on any atom is 0.252 e. The number of aryl methyl sites for hydroxylation is 1. The summed E-state index contributed by atoms with van der Waals surface area (Å²) in [6.45, 7) is 1.81. The molecule has 88 valence electrons. The normalized spacial score (nSPS) is 21.3. The summed E-state index contributed by atoms with van der Waals surface area (Å²) in [5.74, 6) is -2.14. The standard InChI is InChI=1S/C11H14F2N2O/c1-7-3-8(4-15-9(7)16-2)10(14)5-11(12,13)6-10/h3-4H,5-6,14H2,1-2H3. The molecule has 0 atom stereocenters. The van der Waals surface area contributed by atoms with E-state index in [9.17, 15) is 8.78 Å². The Hall–Kier alpha value is -1.23. The van der Waals surface area contributed by atoms with Crippen LogP contribution in [0.2, 0.25) is 0 Å². The minimum absolute atomic E-state index is 0.312. The first-order chi connectivity index (χ1) is 7.36. The summed E-state index contributed by atoms with van der Waals surface area (Å²) < 4.78 is 30.7. The molecular formula is C11H14F2N2O. The van der Waals surface area contributed by atoms with Crippen LogP contribution in [0, 0.1) is 6.92 Å². The number of pyridine rings is 1. The molecule has 0 saturated heterocycles. The van der Waals surface area contributed by atoms with E-state index in [1.165, 1.54) is 13.3 Å². The van der Waals surface area contributed by atoms with Gasteiger partial charge >= 0.3 is 0 Å². The smallest absolute Gasteiger partial charge is 0.252 e. The zero-order chi connectivity index (χ0) is 12.0. The molecule has 0 unspecified atom stereocenters. The van der Waals surface area contributed by atoms with Gasteiger partial charge in [-0.05, 0) is 18.6 Å². The molecule has 1 aromatic rings. The molecule has 0 spiro atoms. The number of hydrogen-bond donors (Lipinski definition) is 1. The fourth-order valence-electron chi connectivity index (χ4n) is 2.12. The third-order valence-electron chi connectivity index (χ3n) is 2.95. The summed E-state index contributed by atoms with van der Waals surface area (Å²) in [5.41, 5.74) is 6.42. The first kappa shape index (κ1) is 11.3. The average Bonchev–Trinajstić information content (AvgIpc) is 2.14. The van der Waals surface area contributed by atoms with Crippen LogP contribution in [-0.4, -0.2) is 18.0 Å². The van der Waals surface area contributed by atoms with E-state index in [4.69, 9.17) is 10.5 Å². The fraction of sp³-hybridized carbons (Fsp3) is 0.545. The lowest BCUT2D eigenvalue weighted by Crippen LogP contribution is -2.55. The minimum atomic E-state index is -2.64. The molecule has 1 saturated carbocycles. The van der Waals surface area contributed by atoms with E-state index in [-0.39, 0.29) is 12.8 Å². The van der Waals surface area contributed by atoms with Gasteiger partial charge in [0.05, 0.1) is 12.6 Å². The highest BCUT2D eigenvalue weighted by Gasteiger charge is 2.55. The van der Waals surface area contributed by atoms with Gasteiger partial charge in [-0.1, -0.05) is 0 Å². The molecule has 0 bridgehead atoms. The van der Waals surface area contributed by atoms with Gasteiger partial charge in [0.15, 0.2) is 0 Å². The molecule has 1 fully saturated rings.